The van der Waals surface area contributed by atoms with Gasteiger partial charge in [0, 0.05) is 10.8 Å². The molecule has 0 radical (unpaired) electrons. The molecule has 0 aliphatic rings. The molecular weight excluding hydrogens is 162 g/mol. The van der Waals surface area contributed by atoms with Gasteiger partial charge in [0.05, 0.1) is 0 Å². The Morgan fingerprint density at radius 2 is 1.92 bits per heavy atom. The molecule has 2 atom stereocenters. The summed E-state index contributed by atoms with van der Waals surface area (Å²) >= 11 is 0. The monoisotopic (exact) mass is 177 g/mol. The lowest BCUT2D eigenvalue weighted by atomic mass is 9.83. The highest BCUT2D eigenvalue weighted by molar-refractivity contribution is 4.87. The third kappa shape index (κ3) is 1.56. The van der Waals surface area contributed by atoms with Crippen molar-refractivity contribution < 1.29 is 15.1 Å². The lowest BCUT2D eigenvalue weighted by Crippen LogP contribution is -2.55. The van der Waals surface area contributed by atoms with E-state index in [1.54, 1.807) is 13.8 Å². The van der Waals surface area contributed by atoms with Gasteiger partial charge in [0.1, 0.15) is 12.7 Å². The van der Waals surface area contributed by atoms with Gasteiger partial charge in [0.25, 0.3) is 5.54 Å². The predicted molar refractivity (Wildman–Crippen MR) is 43.3 cm³/mol. The summed E-state index contributed by atoms with van der Waals surface area (Å²) < 4.78 is 0. The second-order valence-electron chi connectivity index (χ2n) is 3.24. The predicted octanol–water partition coefficient (Wildman–Crippen LogP) is 0.0310. The molecule has 0 saturated heterocycles. The fourth-order valence-electron chi connectivity index (χ4n) is 1.22. The normalized spacial score (nSPS) is 18.8. The summed E-state index contributed by atoms with van der Waals surface area (Å²) in [7, 11) is 0. The standard InChI is InChI=1S/C7H15NO4/c1-5(2)7(4-9,6(3)10)8(11)12/h5-6,9-10H,4H2,1-3H3. The van der Waals surface area contributed by atoms with E-state index in [9.17, 15) is 15.2 Å². The number of hydrogen-bond donors (Lipinski definition) is 2. The second kappa shape index (κ2) is 3.82. The summed E-state index contributed by atoms with van der Waals surface area (Å²) in [5.41, 5.74) is -1.62. The van der Waals surface area contributed by atoms with Crippen molar-refractivity contribution in [1.29, 1.82) is 0 Å². The molecule has 0 aromatic heterocycles. The highest BCUT2D eigenvalue weighted by Crippen LogP contribution is 2.24. The minimum absolute atomic E-state index is 0.405. The van der Waals surface area contributed by atoms with Crippen LogP contribution in [0.5, 0.6) is 0 Å². The van der Waals surface area contributed by atoms with Crippen molar-refractivity contribution in [2.24, 2.45) is 5.92 Å². The van der Waals surface area contributed by atoms with E-state index in [0.29, 0.717) is 0 Å². The fraction of sp³-hybridized carbons (Fsp3) is 1.00. The summed E-state index contributed by atoms with van der Waals surface area (Å²) in [4.78, 5) is 10.0. The molecule has 12 heavy (non-hydrogen) atoms. The van der Waals surface area contributed by atoms with Crippen LogP contribution in [0.1, 0.15) is 20.8 Å². The maximum absolute atomic E-state index is 10.6. The molecule has 0 aromatic rings. The average molecular weight is 177 g/mol. The van der Waals surface area contributed by atoms with Crippen molar-refractivity contribution in [2.45, 2.75) is 32.4 Å². The molecule has 0 aliphatic carbocycles. The van der Waals surface area contributed by atoms with Crippen molar-refractivity contribution in [2.75, 3.05) is 6.61 Å². The van der Waals surface area contributed by atoms with Gasteiger partial charge in [0.15, 0.2) is 0 Å². The van der Waals surface area contributed by atoms with Gasteiger partial charge in [-0.3, -0.25) is 10.1 Å². The number of nitrogens with zero attached hydrogens (tertiary/aromatic N) is 1. The molecule has 2 unspecified atom stereocenters. The largest absolute Gasteiger partial charge is 0.389 e. The van der Waals surface area contributed by atoms with Crippen molar-refractivity contribution in [3.63, 3.8) is 0 Å². The lowest BCUT2D eigenvalue weighted by Gasteiger charge is -2.29. The van der Waals surface area contributed by atoms with E-state index in [1.807, 2.05) is 0 Å². The Labute approximate surface area is 71.2 Å². The topological polar surface area (TPSA) is 83.6 Å². The minimum Gasteiger partial charge on any atom is -0.389 e. The molecule has 0 aliphatic heterocycles. The molecule has 72 valence electrons. The molecule has 5 nitrogen and oxygen atoms in total. The van der Waals surface area contributed by atoms with E-state index >= 15 is 0 Å². The summed E-state index contributed by atoms with van der Waals surface area (Å²) in [6.07, 6.45) is -1.16. The maximum Gasteiger partial charge on any atom is 0.271 e. The van der Waals surface area contributed by atoms with Crippen LogP contribution in [0.25, 0.3) is 0 Å². The Kier molecular flexibility index (Phi) is 3.60. The lowest BCUT2D eigenvalue weighted by molar-refractivity contribution is -0.595. The van der Waals surface area contributed by atoms with Crippen molar-refractivity contribution in [1.82, 2.24) is 0 Å². The SMILES string of the molecule is CC(C)C(CO)(C(C)O)[N+](=O)[O-]. The van der Waals surface area contributed by atoms with Crippen molar-refractivity contribution in [3.8, 4) is 0 Å². The van der Waals surface area contributed by atoms with Gasteiger partial charge >= 0.3 is 0 Å². The van der Waals surface area contributed by atoms with Gasteiger partial charge in [-0.1, -0.05) is 13.8 Å². The molecular formula is C7H15NO4. The highest BCUT2D eigenvalue weighted by atomic mass is 16.6. The fourth-order valence-corrected chi connectivity index (χ4v) is 1.22. The molecule has 2 N–H and O–H groups in total. The maximum atomic E-state index is 10.6. The van der Waals surface area contributed by atoms with E-state index in [0.717, 1.165) is 0 Å². The number of rotatable bonds is 4. The van der Waals surface area contributed by atoms with Crippen LogP contribution in [-0.2, 0) is 0 Å². The molecule has 0 amide bonds. The number of hydrogen-bond acceptors (Lipinski definition) is 4. The van der Waals surface area contributed by atoms with Gasteiger partial charge < -0.3 is 10.2 Å². The molecule has 0 bridgehead atoms. The first-order chi connectivity index (χ1) is 5.39. The zero-order valence-corrected chi connectivity index (χ0v) is 7.52. The van der Waals surface area contributed by atoms with Gasteiger partial charge in [0.2, 0.25) is 0 Å². The van der Waals surface area contributed by atoms with E-state index in [1.165, 1.54) is 6.92 Å². The third-order valence-electron chi connectivity index (χ3n) is 2.32. The molecule has 0 fully saturated rings. The average Bonchev–Trinajstić information content (AvgIpc) is 1.86. The smallest absolute Gasteiger partial charge is 0.271 e. The van der Waals surface area contributed by atoms with Crippen molar-refractivity contribution in [3.05, 3.63) is 10.1 Å². The van der Waals surface area contributed by atoms with E-state index in [4.69, 9.17) is 5.11 Å². The summed E-state index contributed by atoms with van der Waals surface area (Å²) in [5.74, 6) is -0.405. The van der Waals surface area contributed by atoms with Crippen LogP contribution in [0.4, 0.5) is 0 Å². The molecule has 0 spiro atoms. The third-order valence-corrected chi connectivity index (χ3v) is 2.32. The van der Waals surface area contributed by atoms with Crippen molar-refractivity contribution >= 4 is 0 Å². The number of aliphatic hydroxyl groups excluding tert-OH is 2. The zero-order chi connectivity index (χ0) is 9.94. The molecule has 0 rings (SSSR count). The summed E-state index contributed by atoms with van der Waals surface area (Å²) in [6, 6.07) is 0. The van der Waals surface area contributed by atoms with E-state index < -0.39 is 29.1 Å². The summed E-state index contributed by atoms with van der Waals surface area (Å²) in [6.45, 7) is 3.88. The van der Waals surface area contributed by atoms with Gasteiger partial charge in [-0.15, -0.1) is 0 Å². The van der Waals surface area contributed by atoms with Crippen LogP contribution in [0.2, 0.25) is 0 Å². The Morgan fingerprint density at radius 3 is 1.92 bits per heavy atom. The Bertz CT molecular complexity index is 159. The van der Waals surface area contributed by atoms with Gasteiger partial charge in [-0.2, -0.15) is 0 Å². The Hall–Kier alpha value is -0.680. The van der Waals surface area contributed by atoms with Crippen LogP contribution in [0, 0.1) is 16.0 Å². The molecule has 0 aromatic carbocycles. The van der Waals surface area contributed by atoms with Gasteiger partial charge in [-0.25, -0.2) is 0 Å². The highest BCUT2D eigenvalue weighted by Gasteiger charge is 2.50. The van der Waals surface area contributed by atoms with Crippen LogP contribution in [-0.4, -0.2) is 33.4 Å². The van der Waals surface area contributed by atoms with Crippen LogP contribution in [0.3, 0.4) is 0 Å². The number of aliphatic hydroxyl groups is 2. The molecule has 0 saturated carbocycles. The van der Waals surface area contributed by atoms with E-state index in [-0.39, 0.29) is 0 Å². The molecule has 0 heterocycles. The molecule has 5 heteroatoms. The zero-order valence-electron chi connectivity index (χ0n) is 7.52. The van der Waals surface area contributed by atoms with Crippen LogP contribution >= 0.6 is 0 Å². The number of nitro groups is 1. The van der Waals surface area contributed by atoms with Crippen LogP contribution < -0.4 is 0 Å². The van der Waals surface area contributed by atoms with Gasteiger partial charge in [-0.05, 0) is 6.92 Å². The Balaban J connectivity index is 4.90. The quantitative estimate of drug-likeness (QED) is 0.468. The first-order valence-corrected chi connectivity index (χ1v) is 3.83. The summed E-state index contributed by atoms with van der Waals surface area (Å²) in [5, 5.41) is 28.7. The second-order valence-corrected chi connectivity index (χ2v) is 3.24. The van der Waals surface area contributed by atoms with E-state index in [2.05, 4.69) is 0 Å². The first kappa shape index (κ1) is 11.3. The minimum atomic E-state index is -1.62. The first-order valence-electron chi connectivity index (χ1n) is 3.83. The Morgan fingerprint density at radius 1 is 1.50 bits per heavy atom. The van der Waals surface area contributed by atoms with Crippen LogP contribution in [0.15, 0.2) is 0 Å².